The van der Waals surface area contributed by atoms with Gasteiger partial charge >= 0.3 is 12.1 Å². The van der Waals surface area contributed by atoms with Crippen molar-refractivity contribution in [2.45, 2.75) is 25.7 Å². The first-order valence-electron chi connectivity index (χ1n) is 9.62. The first kappa shape index (κ1) is 21.1. The molecule has 0 spiro atoms. The van der Waals surface area contributed by atoms with Crippen LogP contribution in [0, 0.1) is 0 Å². The topological polar surface area (TPSA) is 81.9 Å². The molecule has 1 amide bonds. The van der Waals surface area contributed by atoms with Crippen molar-refractivity contribution in [3.05, 3.63) is 108 Å². The Morgan fingerprint density at radius 3 is 1.63 bits per heavy atom. The van der Waals surface area contributed by atoms with Crippen LogP contribution in [-0.2, 0) is 33.9 Å². The summed E-state index contributed by atoms with van der Waals surface area (Å²) in [4.78, 5) is 25.3. The zero-order chi connectivity index (χ0) is 21.2. The summed E-state index contributed by atoms with van der Waals surface area (Å²) in [5, 5.41) is 0.809. The fraction of sp³-hybridized carbons (Fsp3) is 0.167. The van der Waals surface area contributed by atoms with Crippen LogP contribution >= 0.6 is 0 Å². The van der Waals surface area contributed by atoms with Crippen LogP contribution in [0.2, 0.25) is 0 Å². The minimum absolute atomic E-state index is 0.0600. The highest BCUT2D eigenvalue weighted by Crippen LogP contribution is 2.12. The summed E-state index contributed by atoms with van der Waals surface area (Å²) in [5.74, 6) is 5.41. The summed E-state index contributed by atoms with van der Waals surface area (Å²) in [6.07, 6.45) is -0.581. The molecule has 0 saturated carbocycles. The van der Waals surface area contributed by atoms with E-state index in [-0.39, 0.29) is 19.6 Å². The largest absolute Gasteiger partial charge is 0.459 e. The lowest BCUT2D eigenvalue weighted by Gasteiger charge is -2.25. The standard InChI is InChI=1S/C24H24N2O4/c25-26(24(28)30-18-21-14-8-3-9-15-21)22(16-19-10-4-1-5-11-19)23(27)29-17-20-12-6-2-7-13-20/h1-15,22H,16-18,25H2/t22-/m1/s1. The molecule has 0 heterocycles. The number of hydrogen-bond donors (Lipinski definition) is 1. The van der Waals surface area contributed by atoms with Gasteiger partial charge in [-0.1, -0.05) is 91.0 Å². The molecule has 6 nitrogen and oxygen atoms in total. The molecule has 0 unspecified atom stereocenters. The van der Waals surface area contributed by atoms with Crippen molar-refractivity contribution in [1.82, 2.24) is 5.01 Å². The molecular weight excluding hydrogens is 380 g/mol. The lowest BCUT2D eigenvalue weighted by molar-refractivity contribution is -0.151. The lowest BCUT2D eigenvalue weighted by Crippen LogP contribution is -2.51. The molecule has 6 heteroatoms. The zero-order valence-electron chi connectivity index (χ0n) is 16.5. The van der Waals surface area contributed by atoms with E-state index in [9.17, 15) is 9.59 Å². The van der Waals surface area contributed by atoms with E-state index in [1.807, 2.05) is 91.0 Å². The van der Waals surface area contributed by atoms with E-state index in [1.54, 1.807) is 0 Å². The van der Waals surface area contributed by atoms with Crippen molar-refractivity contribution in [2.24, 2.45) is 5.84 Å². The van der Waals surface area contributed by atoms with E-state index in [1.165, 1.54) is 0 Å². The van der Waals surface area contributed by atoms with E-state index < -0.39 is 18.1 Å². The Balaban J connectivity index is 1.67. The van der Waals surface area contributed by atoms with E-state index in [0.717, 1.165) is 21.7 Å². The minimum atomic E-state index is -1.01. The van der Waals surface area contributed by atoms with Gasteiger partial charge in [0.15, 0.2) is 6.04 Å². The average molecular weight is 404 g/mol. The number of carbonyl (C=O) groups is 2. The van der Waals surface area contributed by atoms with Gasteiger partial charge in [-0.05, 0) is 16.7 Å². The van der Waals surface area contributed by atoms with Crippen molar-refractivity contribution in [3.63, 3.8) is 0 Å². The molecule has 154 valence electrons. The first-order chi connectivity index (χ1) is 14.6. The monoisotopic (exact) mass is 404 g/mol. The maximum absolute atomic E-state index is 12.8. The van der Waals surface area contributed by atoms with Gasteiger partial charge in [0.25, 0.3) is 0 Å². The second kappa shape index (κ2) is 10.8. The average Bonchev–Trinajstić information content (AvgIpc) is 2.81. The number of carbonyl (C=O) groups excluding carboxylic acids is 2. The number of ether oxygens (including phenoxy) is 2. The van der Waals surface area contributed by atoms with Gasteiger partial charge in [-0.15, -0.1) is 0 Å². The number of esters is 1. The Morgan fingerprint density at radius 1 is 0.700 bits per heavy atom. The molecule has 2 N–H and O–H groups in total. The highest BCUT2D eigenvalue weighted by atomic mass is 16.6. The summed E-state index contributed by atoms with van der Waals surface area (Å²) in [5.41, 5.74) is 2.52. The van der Waals surface area contributed by atoms with E-state index >= 15 is 0 Å². The highest BCUT2D eigenvalue weighted by Gasteiger charge is 2.30. The van der Waals surface area contributed by atoms with Gasteiger partial charge in [0, 0.05) is 6.42 Å². The second-order valence-electron chi connectivity index (χ2n) is 6.75. The maximum atomic E-state index is 12.8. The Labute approximate surface area is 175 Å². The molecule has 0 aromatic heterocycles. The smallest absolute Gasteiger partial charge is 0.425 e. The van der Waals surface area contributed by atoms with Crippen molar-refractivity contribution >= 4 is 12.1 Å². The van der Waals surface area contributed by atoms with Crippen molar-refractivity contribution in [3.8, 4) is 0 Å². The number of rotatable bonds is 8. The van der Waals surface area contributed by atoms with Crippen LogP contribution < -0.4 is 5.84 Å². The van der Waals surface area contributed by atoms with Crippen molar-refractivity contribution in [2.75, 3.05) is 0 Å². The number of benzene rings is 3. The minimum Gasteiger partial charge on any atom is -0.459 e. The zero-order valence-corrected chi connectivity index (χ0v) is 16.5. The number of amides is 1. The van der Waals surface area contributed by atoms with E-state index in [0.29, 0.717) is 0 Å². The van der Waals surface area contributed by atoms with Crippen molar-refractivity contribution in [1.29, 1.82) is 0 Å². The van der Waals surface area contributed by atoms with E-state index in [4.69, 9.17) is 15.3 Å². The first-order valence-corrected chi connectivity index (χ1v) is 9.62. The summed E-state index contributed by atoms with van der Waals surface area (Å²) in [6.45, 7) is 0.155. The molecular formula is C24H24N2O4. The number of nitrogens with zero attached hydrogens (tertiary/aromatic N) is 1. The van der Waals surface area contributed by atoms with Gasteiger partial charge in [0.1, 0.15) is 13.2 Å². The Bertz CT molecular complexity index is 933. The van der Waals surface area contributed by atoms with Crippen molar-refractivity contribution < 1.29 is 19.1 Å². The lowest BCUT2D eigenvalue weighted by atomic mass is 10.1. The van der Waals surface area contributed by atoms with E-state index in [2.05, 4.69) is 0 Å². The van der Waals surface area contributed by atoms with Crippen LogP contribution in [0.3, 0.4) is 0 Å². The quantitative estimate of drug-likeness (QED) is 0.267. The van der Waals surface area contributed by atoms with Crippen LogP contribution in [0.25, 0.3) is 0 Å². The third kappa shape index (κ3) is 6.18. The summed E-state index contributed by atoms with van der Waals surface area (Å²) in [6, 6.07) is 26.9. The third-order valence-corrected chi connectivity index (χ3v) is 4.52. The van der Waals surface area contributed by atoms with Gasteiger partial charge in [-0.3, -0.25) is 0 Å². The summed E-state index contributed by atoms with van der Waals surface area (Å²) >= 11 is 0. The number of hydrazine groups is 1. The van der Waals surface area contributed by atoms with Gasteiger partial charge < -0.3 is 9.47 Å². The molecule has 0 radical (unpaired) electrons. The van der Waals surface area contributed by atoms with Gasteiger partial charge in [-0.2, -0.15) is 0 Å². The fourth-order valence-electron chi connectivity index (χ4n) is 2.88. The van der Waals surface area contributed by atoms with Gasteiger partial charge in [0.05, 0.1) is 0 Å². The predicted molar refractivity (Wildman–Crippen MR) is 113 cm³/mol. The summed E-state index contributed by atoms with van der Waals surface area (Å²) in [7, 11) is 0. The van der Waals surface area contributed by atoms with Crippen LogP contribution in [0.1, 0.15) is 16.7 Å². The Kier molecular flexibility index (Phi) is 7.58. The normalized spacial score (nSPS) is 11.4. The third-order valence-electron chi connectivity index (χ3n) is 4.52. The molecule has 0 aliphatic heterocycles. The maximum Gasteiger partial charge on any atom is 0.425 e. The van der Waals surface area contributed by atoms with Gasteiger partial charge in [-0.25, -0.2) is 20.4 Å². The Morgan fingerprint density at radius 2 is 1.13 bits per heavy atom. The van der Waals surface area contributed by atoms with Crippen LogP contribution in [0.4, 0.5) is 4.79 Å². The highest BCUT2D eigenvalue weighted by molar-refractivity contribution is 5.81. The summed E-state index contributed by atoms with van der Waals surface area (Å²) < 4.78 is 10.7. The van der Waals surface area contributed by atoms with Crippen LogP contribution in [0.15, 0.2) is 91.0 Å². The molecule has 3 aromatic carbocycles. The van der Waals surface area contributed by atoms with Gasteiger partial charge in [0.2, 0.25) is 0 Å². The molecule has 0 fully saturated rings. The second-order valence-corrected chi connectivity index (χ2v) is 6.75. The molecule has 3 rings (SSSR count). The number of hydrogen-bond acceptors (Lipinski definition) is 5. The molecule has 3 aromatic rings. The molecule has 0 aliphatic carbocycles. The van der Waals surface area contributed by atoms with Crippen LogP contribution in [-0.4, -0.2) is 23.1 Å². The predicted octanol–water partition coefficient (Wildman–Crippen LogP) is 3.85. The molecule has 0 saturated heterocycles. The Hall–Kier alpha value is -3.64. The SMILES string of the molecule is NN(C(=O)OCc1ccccc1)[C@H](Cc1ccccc1)C(=O)OCc1ccccc1. The number of nitrogens with two attached hydrogens (primary N) is 1. The fourth-order valence-corrected chi connectivity index (χ4v) is 2.88. The molecule has 0 aliphatic rings. The molecule has 0 bridgehead atoms. The molecule has 30 heavy (non-hydrogen) atoms. The van der Waals surface area contributed by atoms with Crippen LogP contribution in [0.5, 0.6) is 0 Å². The molecule has 1 atom stereocenters.